The summed E-state index contributed by atoms with van der Waals surface area (Å²) in [5.74, 6) is -1.96. The van der Waals surface area contributed by atoms with Gasteiger partial charge in [-0.1, -0.05) is 31.0 Å². The number of fused-ring (bicyclic) bond motifs is 1. The first-order valence-electron chi connectivity index (χ1n) is 15.8. The molecule has 50 heavy (non-hydrogen) atoms. The van der Waals surface area contributed by atoms with Crippen LogP contribution in [0.2, 0.25) is 0 Å². The zero-order valence-electron chi connectivity index (χ0n) is 27.8. The molecule has 0 bridgehead atoms. The largest absolute Gasteiger partial charge is 0.485 e. The number of carboxylic acids is 1. The Labute approximate surface area is 292 Å². The number of hydrogen-bond acceptors (Lipinski definition) is 14. The lowest BCUT2D eigenvalue weighted by Gasteiger charge is -2.50. The molecule has 0 spiro atoms. The summed E-state index contributed by atoms with van der Waals surface area (Å²) in [5.41, 5.74) is 4.54. The number of hydroxylamine groups is 2. The number of nitrogen functional groups attached to an aromatic ring is 1. The average molecular weight is 734 g/mol. The number of aromatic nitrogens is 1. The van der Waals surface area contributed by atoms with Crippen molar-refractivity contribution in [3.63, 3.8) is 0 Å². The number of aryl methyl sites for hydroxylation is 1. The normalized spacial score (nSPS) is 21.3. The maximum Gasteiger partial charge on any atom is 0.418 e. The number of carbonyl (C=O) groups excluding carboxylic acids is 2. The number of hydrogen-bond donors (Lipinski definition) is 5. The number of ether oxygens (including phenoxy) is 1. The highest BCUT2D eigenvalue weighted by atomic mass is 32.3. The van der Waals surface area contributed by atoms with Gasteiger partial charge in [-0.25, -0.2) is 9.78 Å². The highest BCUT2D eigenvalue weighted by Gasteiger charge is 2.58. The molecule has 4 heterocycles. The summed E-state index contributed by atoms with van der Waals surface area (Å²) >= 11 is 0.976. The smallest absolute Gasteiger partial charge is 0.418 e. The predicted molar refractivity (Wildman–Crippen MR) is 182 cm³/mol. The summed E-state index contributed by atoms with van der Waals surface area (Å²) < 4.78 is 41.8. The van der Waals surface area contributed by atoms with E-state index < -0.39 is 57.2 Å². The number of unbranched alkanes of at least 4 members (excludes halogenated alkanes) is 2. The van der Waals surface area contributed by atoms with E-state index in [-0.39, 0.29) is 17.2 Å². The van der Waals surface area contributed by atoms with E-state index in [9.17, 15) is 27.9 Å². The molecule has 3 atom stereocenters. The molecule has 1 fully saturated rings. The van der Waals surface area contributed by atoms with Crippen LogP contribution < -0.4 is 21.1 Å². The van der Waals surface area contributed by atoms with Crippen molar-refractivity contribution in [1.29, 1.82) is 0 Å². The van der Waals surface area contributed by atoms with Crippen LogP contribution in [0.5, 0.6) is 5.75 Å². The number of anilines is 1. The molecule has 0 aliphatic carbocycles. The maximum absolute atomic E-state index is 13.5. The number of rotatable bonds is 14. The number of thiazole rings is 1. The highest BCUT2D eigenvalue weighted by Crippen LogP contribution is 2.36. The van der Waals surface area contributed by atoms with Gasteiger partial charge in [0.25, 0.3) is 17.4 Å². The average Bonchev–Trinajstić information content (AvgIpc) is 3.50. The monoisotopic (exact) mass is 733 g/mol. The van der Waals surface area contributed by atoms with Gasteiger partial charge in [-0.2, -0.15) is 13.5 Å². The Hall–Kier alpha value is -4.59. The first-order chi connectivity index (χ1) is 23.5. The quantitative estimate of drug-likeness (QED) is 0.0617. The summed E-state index contributed by atoms with van der Waals surface area (Å²) in [5, 5.41) is 21.8. The third-order valence-corrected chi connectivity index (χ3v) is 9.72. The van der Waals surface area contributed by atoms with Crippen molar-refractivity contribution < 1.29 is 46.3 Å². The van der Waals surface area contributed by atoms with Gasteiger partial charge in [-0.3, -0.25) is 19.1 Å². The summed E-state index contributed by atoms with van der Waals surface area (Å²) in [6.07, 6.45) is 5.92. The number of oxime groups is 1. The number of nitrogens with one attached hydrogen (secondary N) is 2. The zero-order valence-corrected chi connectivity index (χ0v) is 29.5. The number of amides is 2. The van der Waals surface area contributed by atoms with Crippen molar-refractivity contribution in [2.24, 2.45) is 10.1 Å². The number of amidine groups is 1. The van der Waals surface area contributed by atoms with Gasteiger partial charge in [0, 0.05) is 18.0 Å². The van der Waals surface area contributed by atoms with Gasteiger partial charge in [0.2, 0.25) is 0 Å². The van der Waals surface area contributed by atoms with Crippen molar-refractivity contribution in [2.75, 3.05) is 12.3 Å². The number of nitrogens with two attached hydrogens (primary N) is 1. The first-order valence-corrected chi connectivity index (χ1v) is 18.1. The van der Waals surface area contributed by atoms with Crippen molar-refractivity contribution in [3.05, 3.63) is 46.6 Å². The number of aliphatic imine (C=N–C) groups is 1. The van der Waals surface area contributed by atoms with E-state index in [0.717, 1.165) is 59.6 Å². The number of aliphatic carboxylic acids is 1. The molecule has 3 aliphatic heterocycles. The van der Waals surface area contributed by atoms with Crippen LogP contribution in [-0.2, 0) is 40.3 Å². The number of nitrogens with zero attached hydrogens (tertiary/aromatic N) is 4. The van der Waals surface area contributed by atoms with Crippen LogP contribution in [-0.4, -0.2) is 87.3 Å². The molecule has 3 aliphatic rings. The fraction of sp³-hybridized carbons (Fsp3) is 0.484. The van der Waals surface area contributed by atoms with E-state index in [0.29, 0.717) is 23.8 Å². The lowest BCUT2D eigenvalue weighted by atomic mass is 9.84. The Balaban J connectivity index is 1.31. The van der Waals surface area contributed by atoms with E-state index in [2.05, 4.69) is 37.0 Å². The molecule has 1 saturated heterocycles. The number of carbonyl (C=O) groups is 3. The number of β-lactam (4-membered cyclic amide) rings is 1. The minimum Gasteiger partial charge on any atom is -0.485 e. The molecule has 270 valence electrons. The molecule has 17 nitrogen and oxygen atoms in total. The molecule has 5 rings (SSSR count). The molecule has 2 amide bonds. The molecular weight excluding hydrogens is 695 g/mol. The topological polar surface area (TPSA) is 244 Å². The predicted octanol–water partition coefficient (Wildman–Crippen LogP) is 2.45. The zero-order chi connectivity index (χ0) is 36.4. The van der Waals surface area contributed by atoms with Crippen LogP contribution in [0.25, 0.3) is 5.57 Å². The minimum absolute atomic E-state index is 0.0693. The Morgan fingerprint density at radius 1 is 1.32 bits per heavy atom. The van der Waals surface area contributed by atoms with Crippen LogP contribution in [0.1, 0.15) is 76.6 Å². The SMILES string of the molecule is CCCCCC1=NCC(c2ccc3c(c2)CC[C@H]([C@](C)(O/N=C(\C(=O)N[C@@H]2C(=O)N(OS(=O)(=O)O)C2(C)C)c2csc(N)n2)C(=O)O)O3)=CN1. The second-order valence-electron chi connectivity index (χ2n) is 12.7. The first kappa shape index (κ1) is 36.7. The van der Waals surface area contributed by atoms with Gasteiger partial charge in [-0.05, 0) is 68.9 Å². The summed E-state index contributed by atoms with van der Waals surface area (Å²) in [7, 11) is -5.02. The molecule has 0 radical (unpaired) electrons. The Morgan fingerprint density at radius 3 is 2.68 bits per heavy atom. The van der Waals surface area contributed by atoms with Gasteiger partial charge < -0.3 is 31.0 Å². The second-order valence-corrected chi connectivity index (χ2v) is 14.6. The fourth-order valence-electron chi connectivity index (χ4n) is 5.68. The Bertz CT molecular complexity index is 1870. The standard InChI is InChI=1S/C31H39N7O10S2/c1-5-6-7-8-23-33-14-19(15-34-23)17-9-11-21-18(13-17)10-12-22(46-21)31(4,28(41)42)47-37-24(20-16-49-29(32)35-20)26(39)36-25-27(40)38(30(25,2)3)48-50(43,44)45/h9,11,13-14,16,22,25H,5-8,10,12,15H2,1-4H3,(H2,32,35)(H,33,34)(H,36,39)(H,41,42)(H,43,44,45)/b37-24-/t22-,25-,31+/m1/s1. The van der Waals surface area contributed by atoms with Gasteiger partial charge in [0.15, 0.2) is 16.9 Å². The van der Waals surface area contributed by atoms with Crippen LogP contribution in [0.15, 0.2) is 39.9 Å². The molecule has 2 aromatic rings. The summed E-state index contributed by atoms with van der Waals surface area (Å²) in [6.45, 7) is 6.73. The number of carboxylic acid groups (broad SMARTS) is 1. The van der Waals surface area contributed by atoms with Crippen molar-refractivity contribution in [1.82, 2.24) is 20.7 Å². The van der Waals surface area contributed by atoms with E-state index in [1.807, 2.05) is 18.3 Å². The minimum atomic E-state index is -5.02. The van der Waals surface area contributed by atoms with Crippen LogP contribution in [0, 0.1) is 0 Å². The Kier molecular flexibility index (Phi) is 10.5. The molecule has 19 heteroatoms. The summed E-state index contributed by atoms with van der Waals surface area (Å²) in [4.78, 5) is 53.1. The molecule has 1 aromatic carbocycles. The maximum atomic E-state index is 13.5. The van der Waals surface area contributed by atoms with E-state index in [1.54, 1.807) is 6.07 Å². The number of benzene rings is 1. The van der Waals surface area contributed by atoms with Crippen LogP contribution in [0.3, 0.4) is 0 Å². The van der Waals surface area contributed by atoms with Crippen molar-refractivity contribution >= 4 is 61.8 Å². The van der Waals surface area contributed by atoms with Crippen molar-refractivity contribution in [2.45, 2.75) is 89.5 Å². The third-order valence-electron chi connectivity index (χ3n) is 8.71. The fourth-order valence-corrected chi connectivity index (χ4v) is 6.68. The van der Waals surface area contributed by atoms with E-state index >= 15 is 0 Å². The molecule has 0 saturated carbocycles. The third kappa shape index (κ3) is 7.74. The van der Waals surface area contributed by atoms with Gasteiger partial charge in [-0.15, -0.1) is 15.6 Å². The lowest BCUT2D eigenvalue weighted by molar-refractivity contribution is -0.218. The molecule has 6 N–H and O–H groups in total. The van der Waals surface area contributed by atoms with Crippen molar-refractivity contribution in [3.8, 4) is 5.75 Å². The second kappa shape index (κ2) is 14.3. The highest BCUT2D eigenvalue weighted by molar-refractivity contribution is 7.80. The summed E-state index contributed by atoms with van der Waals surface area (Å²) in [6, 6.07) is 4.32. The van der Waals surface area contributed by atoms with Gasteiger partial charge in [0.1, 0.15) is 23.3 Å². The molecule has 0 unspecified atom stereocenters. The van der Waals surface area contributed by atoms with E-state index in [1.165, 1.54) is 26.2 Å². The Morgan fingerprint density at radius 2 is 2.08 bits per heavy atom. The van der Waals surface area contributed by atoms with Gasteiger partial charge >= 0.3 is 16.4 Å². The molecular formula is C31H39N7O10S2. The van der Waals surface area contributed by atoms with Crippen LogP contribution in [0.4, 0.5) is 5.13 Å². The lowest BCUT2D eigenvalue weighted by Crippen LogP contribution is -2.76. The van der Waals surface area contributed by atoms with E-state index in [4.69, 9.17) is 19.9 Å². The molecule has 1 aromatic heterocycles. The van der Waals surface area contributed by atoms with Gasteiger partial charge in [0.05, 0.1) is 12.1 Å². The van der Waals surface area contributed by atoms with Crippen LogP contribution >= 0.6 is 11.3 Å².